The van der Waals surface area contributed by atoms with Crippen molar-refractivity contribution in [3.8, 4) is 0 Å². The van der Waals surface area contributed by atoms with Crippen LogP contribution in [0.3, 0.4) is 0 Å². The standard InChI is InChI=1S/C16H16FN5O/c17-12-2-3-15-14(8-12)16(19-11-18-15)21-6-7-23-13(9-21)10-22-5-1-4-20-22/h1-5,8,11,13H,6-7,9-10H2. The number of morpholine rings is 1. The predicted molar refractivity (Wildman–Crippen MR) is 83.7 cm³/mol. The zero-order chi connectivity index (χ0) is 15.6. The minimum absolute atomic E-state index is 0.0159. The molecule has 0 spiro atoms. The smallest absolute Gasteiger partial charge is 0.140 e. The Morgan fingerprint density at radius 3 is 3.13 bits per heavy atom. The zero-order valence-corrected chi connectivity index (χ0v) is 12.5. The van der Waals surface area contributed by atoms with Crippen molar-refractivity contribution in [2.45, 2.75) is 12.6 Å². The first-order chi connectivity index (χ1) is 11.3. The fourth-order valence-corrected chi connectivity index (χ4v) is 2.91. The molecule has 0 N–H and O–H groups in total. The third-order valence-corrected chi connectivity index (χ3v) is 3.96. The SMILES string of the molecule is Fc1ccc2ncnc(N3CCOC(Cn4cccn4)C3)c2c1. The second kappa shape index (κ2) is 5.92. The summed E-state index contributed by atoms with van der Waals surface area (Å²) in [6, 6.07) is 6.47. The van der Waals surface area contributed by atoms with Crippen LogP contribution < -0.4 is 4.90 Å². The molecule has 0 amide bonds. The van der Waals surface area contributed by atoms with Crippen molar-refractivity contribution < 1.29 is 9.13 Å². The summed E-state index contributed by atoms with van der Waals surface area (Å²) in [6.45, 7) is 2.69. The number of halogens is 1. The van der Waals surface area contributed by atoms with E-state index in [1.165, 1.54) is 18.5 Å². The van der Waals surface area contributed by atoms with Gasteiger partial charge in [-0.1, -0.05) is 0 Å². The maximum Gasteiger partial charge on any atom is 0.140 e. The van der Waals surface area contributed by atoms with Gasteiger partial charge in [-0.3, -0.25) is 4.68 Å². The fraction of sp³-hybridized carbons (Fsp3) is 0.312. The Kier molecular flexibility index (Phi) is 3.63. The third-order valence-electron chi connectivity index (χ3n) is 3.96. The van der Waals surface area contributed by atoms with Crippen LogP contribution in [-0.4, -0.2) is 45.5 Å². The van der Waals surface area contributed by atoms with E-state index in [-0.39, 0.29) is 11.9 Å². The van der Waals surface area contributed by atoms with E-state index in [1.807, 2.05) is 16.9 Å². The molecule has 1 unspecified atom stereocenters. The van der Waals surface area contributed by atoms with Gasteiger partial charge in [0.1, 0.15) is 18.0 Å². The van der Waals surface area contributed by atoms with Gasteiger partial charge in [-0.15, -0.1) is 0 Å². The lowest BCUT2D eigenvalue weighted by molar-refractivity contribution is 0.0273. The average Bonchev–Trinajstić information content (AvgIpc) is 3.07. The second-order valence-electron chi connectivity index (χ2n) is 5.53. The van der Waals surface area contributed by atoms with Crippen LogP contribution in [-0.2, 0) is 11.3 Å². The maximum atomic E-state index is 13.6. The van der Waals surface area contributed by atoms with Gasteiger partial charge in [-0.2, -0.15) is 5.10 Å². The molecular weight excluding hydrogens is 297 g/mol. The lowest BCUT2D eigenvalue weighted by atomic mass is 10.2. The Labute approximate surface area is 132 Å². The van der Waals surface area contributed by atoms with Crippen molar-refractivity contribution in [3.63, 3.8) is 0 Å². The molecule has 6 nitrogen and oxygen atoms in total. The monoisotopic (exact) mass is 313 g/mol. The van der Waals surface area contributed by atoms with E-state index in [1.54, 1.807) is 12.3 Å². The average molecular weight is 313 g/mol. The minimum Gasteiger partial charge on any atom is -0.373 e. The lowest BCUT2D eigenvalue weighted by Gasteiger charge is -2.34. The molecule has 0 aliphatic carbocycles. The molecule has 2 aromatic heterocycles. The van der Waals surface area contributed by atoms with Gasteiger partial charge in [0.15, 0.2) is 0 Å². The number of rotatable bonds is 3. The van der Waals surface area contributed by atoms with Crippen LogP contribution in [0.4, 0.5) is 10.2 Å². The number of hydrogen-bond donors (Lipinski definition) is 0. The summed E-state index contributed by atoms with van der Waals surface area (Å²) in [5.41, 5.74) is 0.742. The first-order valence-corrected chi connectivity index (χ1v) is 7.54. The summed E-state index contributed by atoms with van der Waals surface area (Å²) in [4.78, 5) is 10.7. The predicted octanol–water partition coefficient (Wildman–Crippen LogP) is 1.87. The first-order valence-electron chi connectivity index (χ1n) is 7.54. The van der Waals surface area contributed by atoms with E-state index in [0.717, 1.165) is 23.3 Å². The summed E-state index contributed by atoms with van der Waals surface area (Å²) in [5, 5.41) is 4.94. The molecular formula is C16H16FN5O. The first kappa shape index (κ1) is 14.1. The van der Waals surface area contributed by atoms with E-state index in [9.17, 15) is 4.39 Å². The summed E-state index contributed by atoms with van der Waals surface area (Å²) >= 11 is 0. The van der Waals surface area contributed by atoms with Gasteiger partial charge < -0.3 is 9.64 Å². The molecule has 1 aliphatic heterocycles. The van der Waals surface area contributed by atoms with Gasteiger partial charge in [0.25, 0.3) is 0 Å². The summed E-state index contributed by atoms with van der Waals surface area (Å²) < 4.78 is 21.3. The van der Waals surface area contributed by atoms with Crippen LogP contribution in [0, 0.1) is 5.82 Å². The van der Waals surface area contributed by atoms with Crippen molar-refractivity contribution in [2.75, 3.05) is 24.6 Å². The van der Waals surface area contributed by atoms with Gasteiger partial charge in [0.05, 0.1) is 24.8 Å². The third kappa shape index (κ3) is 2.87. The number of ether oxygens (including phenoxy) is 1. The molecule has 23 heavy (non-hydrogen) atoms. The minimum atomic E-state index is -0.282. The highest BCUT2D eigenvalue weighted by molar-refractivity contribution is 5.89. The molecule has 7 heteroatoms. The molecule has 0 radical (unpaired) electrons. The molecule has 118 valence electrons. The van der Waals surface area contributed by atoms with Crippen LogP contribution in [0.25, 0.3) is 10.9 Å². The number of nitrogens with zero attached hydrogens (tertiary/aromatic N) is 5. The fourth-order valence-electron chi connectivity index (χ4n) is 2.91. The van der Waals surface area contributed by atoms with E-state index in [4.69, 9.17) is 4.74 Å². The van der Waals surface area contributed by atoms with Gasteiger partial charge in [-0.25, -0.2) is 14.4 Å². The molecule has 3 heterocycles. The molecule has 0 saturated carbocycles. The number of anilines is 1. The van der Waals surface area contributed by atoms with E-state index in [2.05, 4.69) is 20.0 Å². The van der Waals surface area contributed by atoms with Gasteiger partial charge in [0, 0.05) is 30.9 Å². The molecule has 0 bridgehead atoms. The van der Waals surface area contributed by atoms with Crippen molar-refractivity contribution in [1.82, 2.24) is 19.7 Å². The van der Waals surface area contributed by atoms with Gasteiger partial charge in [0.2, 0.25) is 0 Å². The highest BCUT2D eigenvalue weighted by Crippen LogP contribution is 2.25. The Bertz CT molecular complexity index is 807. The molecule has 4 rings (SSSR count). The van der Waals surface area contributed by atoms with Gasteiger partial charge in [-0.05, 0) is 24.3 Å². The molecule has 1 saturated heterocycles. The lowest BCUT2D eigenvalue weighted by Crippen LogP contribution is -2.44. The zero-order valence-electron chi connectivity index (χ0n) is 12.5. The molecule has 3 aromatic rings. The molecule has 1 aromatic carbocycles. The largest absolute Gasteiger partial charge is 0.373 e. The Balaban J connectivity index is 1.61. The summed E-state index contributed by atoms with van der Waals surface area (Å²) in [6.07, 6.45) is 5.20. The number of hydrogen-bond acceptors (Lipinski definition) is 5. The van der Waals surface area contributed by atoms with E-state index >= 15 is 0 Å². The number of aromatic nitrogens is 4. The van der Waals surface area contributed by atoms with Crippen LogP contribution in [0.15, 0.2) is 43.0 Å². The Morgan fingerprint density at radius 2 is 2.26 bits per heavy atom. The van der Waals surface area contributed by atoms with Crippen molar-refractivity contribution in [2.24, 2.45) is 0 Å². The van der Waals surface area contributed by atoms with Crippen LogP contribution in [0.5, 0.6) is 0 Å². The Hall–Kier alpha value is -2.54. The summed E-state index contributed by atoms with van der Waals surface area (Å²) in [5.74, 6) is 0.471. The van der Waals surface area contributed by atoms with Crippen molar-refractivity contribution in [1.29, 1.82) is 0 Å². The summed E-state index contributed by atoms with van der Waals surface area (Å²) in [7, 11) is 0. The molecule has 1 atom stereocenters. The Morgan fingerprint density at radius 1 is 1.30 bits per heavy atom. The van der Waals surface area contributed by atoms with E-state index in [0.29, 0.717) is 19.7 Å². The highest BCUT2D eigenvalue weighted by Gasteiger charge is 2.23. The normalized spacial score (nSPS) is 18.5. The number of benzene rings is 1. The topological polar surface area (TPSA) is 56.1 Å². The molecule has 1 aliphatic rings. The second-order valence-corrected chi connectivity index (χ2v) is 5.53. The van der Waals surface area contributed by atoms with Crippen LogP contribution in [0.1, 0.15) is 0 Å². The van der Waals surface area contributed by atoms with Crippen molar-refractivity contribution in [3.05, 3.63) is 48.8 Å². The maximum absolute atomic E-state index is 13.6. The van der Waals surface area contributed by atoms with Crippen molar-refractivity contribution >= 4 is 16.7 Å². The highest BCUT2D eigenvalue weighted by atomic mass is 19.1. The van der Waals surface area contributed by atoms with Gasteiger partial charge >= 0.3 is 0 Å². The van der Waals surface area contributed by atoms with Crippen LogP contribution in [0.2, 0.25) is 0 Å². The van der Waals surface area contributed by atoms with Crippen LogP contribution >= 0.6 is 0 Å². The number of fused-ring (bicyclic) bond motifs is 1. The van der Waals surface area contributed by atoms with E-state index < -0.39 is 0 Å². The quantitative estimate of drug-likeness (QED) is 0.739. The molecule has 1 fully saturated rings.